The molecule has 2 aromatic carbocycles. The molecule has 0 radical (unpaired) electrons. The van der Waals surface area contributed by atoms with Crippen LogP contribution in [0.4, 0.5) is 5.82 Å². The highest BCUT2D eigenvalue weighted by Crippen LogP contribution is 2.30. The minimum Gasteiger partial charge on any atom is -0.497 e. The highest BCUT2D eigenvalue weighted by molar-refractivity contribution is 9.10. The van der Waals surface area contributed by atoms with Gasteiger partial charge < -0.3 is 10.1 Å². The largest absolute Gasteiger partial charge is 0.497 e. The molecule has 1 N–H and O–H groups in total. The lowest BCUT2D eigenvalue weighted by atomic mass is 10.1. The van der Waals surface area contributed by atoms with E-state index in [9.17, 15) is 4.79 Å². The van der Waals surface area contributed by atoms with E-state index in [1.807, 2.05) is 53.9 Å². The van der Waals surface area contributed by atoms with Gasteiger partial charge in [0.15, 0.2) is 0 Å². The van der Waals surface area contributed by atoms with Crippen molar-refractivity contribution in [1.29, 1.82) is 0 Å². The number of anilines is 1. The number of hydrogen-bond acceptors (Lipinski definition) is 5. The molecule has 152 valence electrons. The first-order valence-electron chi connectivity index (χ1n) is 8.89. The van der Waals surface area contributed by atoms with Crippen LogP contribution in [0.2, 0.25) is 0 Å². The van der Waals surface area contributed by atoms with Crippen LogP contribution >= 0.6 is 38.9 Å². The predicted octanol–water partition coefficient (Wildman–Crippen LogP) is 5.61. The number of nitrogens with zero attached hydrogens (tertiary/aromatic N) is 3. The van der Waals surface area contributed by atoms with Crippen molar-refractivity contribution in [3.8, 4) is 33.4 Å². The first kappa shape index (κ1) is 20.6. The van der Waals surface area contributed by atoms with Crippen molar-refractivity contribution < 1.29 is 9.53 Å². The number of carbonyl (C=O) groups excluding carboxylic acids is 1. The van der Waals surface area contributed by atoms with Gasteiger partial charge in [0.2, 0.25) is 11.0 Å². The molecule has 0 spiro atoms. The van der Waals surface area contributed by atoms with Crippen molar-refractivity contribution in [2.75, 3.05) is 18.3 Å². The zero-order valence-electron chi connectivity index (χ0n) is 15.8. The number of aromatic nitrogens is 3. The Bertz CT molecular complexity index is 1170. The van der Waals surface area contributed by atoms with Crippen LogP contribution < -0.4 is 10.1 Å². The van der Waals surface area contributed by atoms with E-state index in [0.29, 0.717) is 16.6 Å². The van der Waals surface area contributed by atoms with Gasteiger partial charge in [-0.05, 0) is 36.4 Å². The van der Waals surface area contributed by atoms with Crippen LogP contribution in [0.25, 0.3) is 27.6 Å². The van der Waals surface area contributed by atoms with Crippen LogP contribution in [0.5, 0.6) is 5.75 Å². The molecule has 0 unspecified atom stereocenters. The van der Waals surface area contributed by atoms with E-state index < -0.39 is 0 Å². The number of rotatable bonds is 6. The van der Waals surface area contributed by atoms with Gasteiger partial charge in [-0.2, -0.15) is 9.78 Å². The van der Waals surface area contributed by atoms with Crippen molar-refractivity contribution in [2.24, 2.45) is 0 Å². The zero-order chi connectivity index (χ0) is 21.1. The SMILES string of the molecule is COc1ccc(-c2cc(NC(=O)CCl)n(-c3nc(-c4ccc(Br)cc4)cs3)n2)cc1. The Morgan fingerprint density at radius 2 is 1.80 bits per heavy atom. The van der Waals surface area contributed by atoms with Gasteiger partial charge >= 0.3 is 0 Å². The summed E-state index contributed by atoms with van der Waals surface area (Å²) in [6, 6.07) is 17.3. The molecule has 0 aliphatic carbocycles. The summed E-state index contributed by atoms with van der Waals surface area (Å²) in [6.45, 7) is 0. The third-order valence-corrected chi connectivity index (χ3v) is 5.88. The number of nitrogens with one attached hydrogen (secondary N) is 1. The lowest BCUT2D eigenvalue weighted by Crippen LogP contribution is -2.15. The topological polar surface area (TPSA) is 69.0 Å². The van der Waals surface area contributed by atoms with E-state index in [1.54, 1.807) is 17.9 Å². The fourth-order valence-electron chi connectivity index (χ4n) is 2.81. The minimum absolute atomic E-state index is 0.148. The van der Waals surface area contributed by atoms with E-state index in [-0.39, 0.29) is 11.8 Å². The maximum absolute atomic E-state index is 11.9. The van der Waals surface area contributed by atoms with E-state index in [4.69, 9.17) is 21.3 Å². The molecular weight excluding hydrogens is 488 g/mol. The van der Waals surface area contributed by atoms with E-state index >= 15 is 0 Å². The summed E-state index contributed by atoms with van der Waals surface area (Å²) in [5.74, 6) is 0.797. The lowest BCUT2D eigenvalue weighted by Gasteiger charge is -2.04. The third-order valence-electron chi connectivity index (χ3n) is 4.30. The smallest absolute Gasteiger partial charge is 0.240 e. The van der Waals surface area contributed by atoms with Gasteiger partial charge in [-0.1, -0.05) is 28.1 Å². The summed E-state index contributed by atoms with van der Waals surface area (Å²) < 4.78 is 7.84. The van der Waals surface area contributed by atoms with E-state index in [2.05, 4.69) is 26.3 Å². The van der Waals surface area contributed by atoms with Crippen LogP contribution in [-0.4, -0.2) is 33.7 Å². The normalized spacial score (nSPS) is 10.8. The predicted molar refractivity (Wildman–Crippen MR) is 124 cm³/mol. The number of amides is 1. The Balaban J connectivity index is 1.73. The van der Waals surface area contributed by atoms with Crippen molar-refractivity contribution in [2.45, 2.75) is 0 Å². The fourth-order valence-corrected chi connectivity index (χ4v) is 3.94. The average molecular weight is 504 g/mol. The molecule has 0 bridgehead atoms. The summed E-state index contributed by atoms with van der Waals surface area (Å²) in [4.78, 5) is 16.6. The number of methoxy groups -OCH3 is 1. The quantitative estimate of drug-likeness (QED) is 0.347. The second-order valence-electron chi connectivity index (χ2n) is 6.26. The van der Waals surface area contributed by atoms with Crippen LogP contribution in [0, 0.1) is 0 Å². The van der Waals surface area contributed by atoms with Gasteiger partial charge in [0, 0.05) is 27.0 Å². The number of ether oxygens (including phenoxy) is 1. The maximum Gasteiger partial charge on any atom is 0.240 e. The molecule has 0 aliphatic heterocycles. The summed E-state index contributed by atoms with van der Waals surface area (Å²) in [5, 5.41) is 10.1. The van der Waals surface area contributed by atoms with Crippen molar-refractivity contribution in [3.05, 3.63) is 64.5 Å². The molecule has 0 aliphatic rings. The lowest BCUT2D eigenvalue weighted by molar-refractivity contribution is -0.114. The van der Waals surface area contributed by atoms with Gasteiger partial charge in [-0.25, -0.2) is 4.98 Å². The standard InChI is InChI=1S/C21H16BrClN4O2S/c1-29-16-8-4-13(5-9-16)17-10-19(25-20(28)11-23)27(26-17)21-24-18(12-30-21)14-2-6-15(22)7-3-14/h2-10,12H,11H2,1H3,(H,25,28). The number of benzene rings is 2. The maximum atomic E-state index is 11.9. The van der Waals surface area contributed by atoms with Crippen molar-refractivity contribution in [1.82, 2.24) is 14.8 Å². The summed E-state index contributed by atoms with van der Waals surface area (Å²) in [6.07, 6.45) is 0. The average Bonchev–Trinajstić information content (AvgIpc) is 3.41. The number of hydrogen-bond donors (Lipinski definition) is 1. The number of carbonyl (C=O) groups is 1. The molecule has 2 heterocycles. The zero-order valence-corrected chi connectivity index (χ0v) is 19.0. The second kappa shape index (κ2) is 8.99. The Kier molecular flexibility index (Phi) is 6.17. The molecule has 4 aromatic rings. The summed E-state index contributed by atoms with van der Waals surface area (Å²) in [7, 11) is 1.62. The van der Waals surface area contributed by atoms with Crippen LogP contribution in [0.1, 0.15) is 0 Å². The number of halogens is 2. The molecule has 2 aromatic heterocycles. The Hall–Kier alpha value is -2.68. The minimum atomic E-state index is -0.316. The molecule has 0 fully saturated rings. The number of alkyl halides is 1. The van der Waals surface area contributed by atoms with Crippen LogP contribution in [0.3, 0.4) is 0 Å². The van der Waals surface area contributed by atoms with Gasteiger partial charge in [0.05, 0.1) is 18.5 Å². The molecular formula is C21H16BrClN4O2S. The highest BCUT2D eigenvalue weighted by Gasteiger charge is 2.16. The van der Waals surface area contributed by atoms with Gasteiger partial charge in [-0.3, -0.25) is 4.79 Å². The van der Waals surface area contributed by atoms with Crippen molar-refractivity contribution in [3.63, 3.8) is 0 Å². The van der Waals surface area contributed by atoms with Gasteiger partial charge in [-0.15, -0.1) is 22.9 Å². The summed E-state index contributed by atoms with van der Waals surface area (Å²) in [5.41, 5.74) is 3.41. The van der Waals surface area contributed by atoms with E-state index in [1.165, 1.54) is 11.3 Å². The van der Waals surface area contributed by atoms with Gasteiger partial charge in [0.1, 0.15) is 17.4 Å². The molecule has 1 amide bonds. The molecule has 30 heavy (non-hydrogen) atoms. The molecule has 0 atom stereocenters. The van der Waals surface area contributed by atoms with Crippen molar-refractivity contribution >= 4 is 50.6 Å². The molecule has 0 saturated carbocycles. The third kappa shape index (κ3) is 4.40. The Morgan fingerprint density at radius 1 is 1.13 bits per heavy atom. The first-order chi connectivity index (χ1) is 14.6. The van der Waals surface area contributed by atoms with Gasteiger partial charge in [0.25, 0.3) is 0 Å². The molecule has 9 heteroatoms. The number of thiazole rings is 1. The fraction of sp³-hybridized carbons (Fsp3) is 0.0952. The molecule has 0 saturated heterocycles. The van der Waals surface area contributed by atoms with E-state index in [0.717, 1.165) is 27.0 Å². The first-order valence-corrected chi connectivity index (χ1v) is 11.1. The monoisotopic (exact) mass is 502 g/mol. The Morgan fingerprint density at radius 3 is 2.47 bits per heavy atom. The highest BCUT2D eigenvalue weighted by atomic mass is 79.9. The molecule has 6 nitrogen and oxygen atoms in total. The van der Waals surface area contributed by atoms with Crippen LogP contribution in [0.15, 0.2) is 64.5 Å². The summed E-state index contributed by atoms with van der Waals surface area (Å²) >= 11 is 10.6. The Labute approximate surface area is 190 Å². The molecule has 4 rings (SSSR count). The second-order valence-corrected chi connectivity index (χ2v) is 8.28. The van der Waals surface area contributed by atoms with Crippen LogP contribution in [-0.2, 0) is 4.79 Å².